The van der Waals surface area contributed by atoms with Crippen molar-refractivity contribution in [3.63, 3.8) is 0 Å². The molecular weight excluding hydrogens is 502 g/mol. The van der Waals surface area contributed by atoms with Gasteiger partial charge in [-0.2, -0.15) is 0 Å². The summed E-state index contributed by atoms with van der Waals surface area (Å²) >= 11 is 6.18. The molecule has 4 rings (SSSR count). The number of benzene rings is 3. The fraction of sp³-hybridized carbons (Fsp3) is 0.207. The minimum atomic E-state index is -1.00. The van der Waals surface area contributed by atoms with Gasteiger partial charge < -0.3 is 26.0 Å². The summed E-state index contributed by atoms with van der Waals surface area (Å²) in [6.45, 7) is 5.16. The van der Waals surface area contributed by atoms with E-state index in [0.717, 1.165) is 16.5 Å². The smallest absolute Gasteiger partial charge is 0.246 e. The number of hydrogen-bond acceptors (Lipinski definition) is 5. The average Bonchev–Trinajstić information content (AvgIpc) is 3.19. The summed E-state index contributed by atoms with van der Waals surface area (Å²) in [6.07, 6.45) is 0. The van der Waals surface area contributed by atoms with Crippen LogP contribution in [-0.4, -0.2) is 40.2 Å². The van der Waals surface area contributed by atoms with Crippen molar-refractivity contribution in [1.29, 1.82) is 0 Å². The van der Waals surface area contributed by atoms with Gasteiger partial charge in [0, 0.05) is 42.2 Å². The molecule has 38 heavy (non-hydrogen) atoms. The second kappa shape index (κ2) is 10.7. The number of carbonyl (C=O) groups excluding carboxylic acids is 2. The molecule has 0 spiro atoms. The van der Waals surface area contributed by atoms with Gasteiger partial charge >= 0.3 is 0 Å². The number of aromatic amines is 1. The van der Waals surface area contributed by atoms with Gasteiger partial charge in [0.1, 0.15) is 0 Å². The third kappa shape index (κ3) is 5.88. The molecule has 0 atom stereocenters. The molecule has 0 fully saturated rings. The minimum absolute atomic E-state index is 0.0413. The maximum atomic E-state index is 12.6. The highest BCUT2D eigenvalue weighted by Gasteiger charge is 2.26. The van der Waals surface area contributed by atoms with E-state index in [-0.39, 0.29) is 17.7 Å². The Balaban J connectivity index is 1.82. The zero-order valence-corrected chi connectivity index (χ0v) is 22.4. The Morgan fingerprint density at radius 3 is 2.47 bits per heavy atom. The Bertz CT molecular complexity index is 1530. The van der Waals surface area contributed by atoms with E-state index >= 15 is 0 Å². The standard InChI is InChI=1S/C29H30ClN5O3/c1-17(36)32-16-18-6-5-7-19(14-18)26(25-23-13-8-20(30)15-24(23)34-27(25)37)33-21-9-11-22(12-10-21)35(4)28(38)29(2,3)31/h5-15,34,37H,16,31H2,1-4H3,(H,32,36). The minimum Gasteiger partial charge on any atom is -0.494 e. The first kappa shape index (κ1) is 26.9. The van der Waals surface area contributed by atoms with E-state index in [0.29, 0.717) is 39.7 Å². The summed E-state index contributed by atoms with van der Waals surface area (Å²) in [6, 6.07) is 20.1. The number of aromatic hydroxyl groups is 1. The molecule has 2 amide bonds. The van der Waals surface area contributed by atoms with Crippen LogP contribution in [0.4, 0.5) is 11.4 Å². The summed E-state index contributed by atoms with van der Waals surface area (Å²) in [5.41, 5.74) is 9.63. The molecule has 0 unspecified atom stereocenters. The number of amides is 2. The Hall–Kier alpha value is -4.14. The van der Waals surface area contributed by atoms with Crippen LogP contribution in [0.25, 0.3) is 10.9 Å². The lowest BCUT2D eigenvalue weighted by molar-refractivity contribution is -0.122. The van der Waals surface area contributed by atoms with Crippen molar-refractivity contribution in [2.75, 3.05) is 11.9 Å². The molecule has 0 radical (unpaired) electrons. The molecule has 0 bridgehead atoms. The highest BCUT2D eigenvalue weighted by molar-refractivity contribution is 6.31. The second-order valence-corrected chi connectivity index (χ2v) is 10.1. The number of anilines is 1. The third-order valence-electron chi connectivity index (χ3n) is 6.05. The molecule has 9 heteroatoms. The van der Waals surface area contributed by atoms with Gasteiger partial charge in [0.15, 0.2) is 5.88 Å². The van der Waals surface area contributed by atoms with Gasteiger partial charge in [-0.3, -0.25) is 9.59 Å². The van der Waals surface area contributed by atoms with Crippen LogP contribution in [0.3, 0.4) is 0 Å². The van der Waals surface area contributed by atoms with Crippen LogP contribution < -0.4 is 16.0 Å². The van der Waals surface area contributed by atoms with Crippen LogP contribution >= 0.6 is 11.6 Å². The van der Waals surface area contributed by atoms with Crippen molar-refractivity contribution < 1.29 is 14.7 Å². The predicted octanol–water partition coefficient (Wildman–Crippen LogP) is 5.03. The molecule has 196 valence electrons. The summed E-state index contributed by atoms with van der Waals surface area (Å²) in [7, 11) is 1.68. The zero-order valence-electron chi connectivity index (χ0n) is 21.7. The van der Waals surface area contributed by atoms with E-state index in [9.17, 15) is 14.7 Å². The Labute approximate surface area is 226 Å². The molecular formula is C29H30ClN5O3. The van der Waals surface area contributed by atoms with Gasteiger partial charge in [-0.1, -0.05) is 35.9 Å². The number of nitrogens with two attached hydrogens (primary N) is 1. The predicted molar refractivity (Wildman–Crippen MR) is 152 cm³/mol. The fourth-order valence-corrected chi connectivity index (χ4v) is 4.32. The molecule has 0 saturated carbocycles. The molecule has 1 heterocycles. The van der Waals surface area contributed by atoms with Crippen molar-refractivity contribution in [2.45, 2.75) is 32.9 Å². The van der Waals surface area contributed by atoms with E-state index in [2.05, 4.69) is 10.3 Å². The average molecular weight is 532 g/mol. The molecule has 0 aliphatic carbocycles. The summed E-state index contributed by atoms with van der Waals surface area (Å²) in [4.78, 5) is 33.4. The molecule has 0 saturated heterocycles. The van der Waals surface area contributed by atoms with Gasteiger partial charge in [0.25, 0.3) is 0 Å². The number of H-pyrrole nitrogens is 1. The Morgan fingerprint density at radius 2 is 1.82 bits per heavy atom. The fourth-order valence-electron chi connectivity index (χ4n) is 4.14. The van der Waals surface area contributed by atoms with Crippen LogP contribution in [0.2, 0.25) is 5.02 Å². The first-order valence-corrected chi connectivity index (χ1v) is 12.4. The van der Waals surface area contributed by atoms with Gasteiger partial charge in [-0.25, -0.2) is 4.99 Å². The third-order valence-corrected chi connectivity index (χ3v) is 6.29. The topological polar surface area (TPSA) is 124 Å². The van der Waals surface area contributed by atoms with Crippen molar-refractivity contribution in [3.8, 4) is 5.88 Å². The normalized spacial score (nSPS) is 12.0. The lowest BCUT2D eigenvalue weighted by atomic mass is 9.99. The number of aromatic nitrogens is 1. The van der Waals surface area contributed by atoms with Gasteiger partial charge in [-0.15, -0.1) is 0 Å². The van der Waals surface area contributed by atoms with Gasteiger partial charge in [0.2, 0.25) is 11.8 Å². The molecule has 1 aromatic heterocycles. The van der Waals surface area contributed by atoms with Crippen LogP contribution in [-0.2, 0) is 16.1 Å². The first-order chi connectivity index (χ1) is 17.9. The van der Waals surface area contributed by atoms with E-state index < -0.39 is 5.54 Å². The largest absolute Gasteiger partial charge is 0.494 e. The van der Waals surface area contributed by atoms with Crippen LogP contribution in [0.1, 0.15) is 37.5 Å². The van der Waals surface area contributed by atoms with Crippen LogP contribution in [0.15, 0.2) is 71.7 Å². The molecule has 0 aliphatic rings. The number of halogens is 1. The highest BCUT2D eigenvalue weighted by Crippen LogP contribution is 2.33. The Morgan fingerprint density at radius 1 is 1.11 bits per heavy atom. The van der Waals surface area contributed by atoms with E-state index in [1.54, 1.807) is 57.3 Å². The summed E-state index contributed by atoms with van der Waals surface area (Å²) < 4.78 is 0. The van der Waals surface area contributed by atoms with E-state index in [1.807, 2.05) is 30.3 Å². The van der Waals surface area contributed by atoms with Crippen molar-refractivity contribution in [2.24, 2.45) is 10.7 Å². The number of hydrogen-bond donors (Lipinski definition) is 4. The number of likely N-dealkylation sites (N-methyl/N-ethyl adjacent to an activating group) is 1. The molecule has 3 aromatic carbocycles. The van der Waals surface area contributed by atoms with Crippen LogP contribution in [0.5, 0.6) is 5.88 Å². The second-order valence-electron chi connectivity index (χ2n) is 9.71. The zero-order chi connectivity index (χ0) is 27.6. The Kier molecular flexibility index (Phi) is 7.57. The molecule has 4 aromatic rings. The highest BCUT2D eigenvalue weighted by atomic mass is 35.5. The first-order valence-electron chi connectivity index (χ1n) is 12.0. The number of nitrogens with zero attached hydrogens (tertiary/aromatic N) is 2. The number of carbonyl (C=O) groups is 2. The number of rotatable bonds is 7. The summed E-state index contributed by atoms with van der Waals surface area (Å²) in [5.74, 6) is -0.384. The van der Waals surface area contributed by atoms with E-state index in [4.69, 9.17) is 22.3 Å². The van der Waals surface area contributed by atoms with Gasteiger partial charge in [0.05, 0.1) is 28.0 Å². The molecule has 8 nitrogen and oxygen atoms in total. The lowest BCUT2D eigenvalue weighted by Gasteiger charge is -2.25. The number of nitrogens with one attached hydrogen (secondary N) is 2. The quantitative estimate of drug-likeness (QED) is 0.250. The maximum absolute atomic E-state index is 12.6. The van der Waals surface area contributed by atoms with E-state index in [1.165, 1.54) is 11.8 Å². The molecule has 0 aliphatic heterocycles. The van der Waals surface area contributed by atoms with Crippen molar-refractivity contribution >= 4 is 51.4 Å². The van der Waals surface area contributed by atoms with Crippen molar-refractivity contribution in [1.82, 2.24) is 10.3 Å². The van der Waals surface area contributed by atoms with Crippen molar-refractivity contribution in [3.05, 3.63) is 88.4 Å². The lowest BCUT2D eigenvalue weighted by Crippen LogP contribution is -2.49. The maximum Gasteiger partial charge on any atom is 0.246 e. The SMILES string of the molecule is CC(=O)NCc1cccc(C(=Nc2ccc(N(C)C(=O)C(C)(C)N)cc2)c2c(O)[nH]c3cc(Cl)ccc23)c1. The number of aliphatic imine (C=N–C) groups is 1. The van der Waals surface area contributed by atoms with Crippen LogP contribution in [0, 0.1) is 0 Å². The summed E-state index contributed by atoms with van der Waals surface area (Å²) in [5, 5.41) is 15.0. The number of fused-ring (bicyclic) bond motifs is 1. The monoisotopic (exact) mass is 531 g/mol. The van der Waals surface area contributed by atoms with Gasteiger partial charge in [-0.05, 0) is 61.9 Å². The molecule has 5 N–H and O–H groups in total.